The van der Waals surface area contributed by atoms with E-state index in [-0.39, 0.29) is 59.2 Å². The highest BCUT2D eigenvalue weighted by molar-refractivity contribution is 9.10. The number of hydrogen-bond donors (Lipinski definition) is 1. The van der Waals surface area contributed by atoms with Gasteiger partial charge < -0.3 is 14.3 Å². The number of imide groups is 1. The summed E-state index contributed by atoms with van der Waals surface area (Å²) in [5.41, 5.74) is 3.80. The Balaban J connectivity index is 1.27. The quantitative estimate of drug-likeness (QED) is 0.0532. The minimum Gasteiger partial charge on any atom is -0.507 e. The first-order chi connectivity index (χ1) is 26.3. The summed E-state index contributed by atoms with van der Waals surface area (Å²) in [5, 5.41) is 24.1. The molecule has 4 aromatic rings. The number of hydrogen-bond acceptors (Lipinski definition) is 7. The number of phenols is 1. The van der Waals surface area contributed by atoms with Crippen molar-refractivity contribution in [2.45, 2.75) is 58.1 Å². The van der Waals surface area contributed by atoms with E-state index in [2.05, 4.69) is 61.0 Å². The van der Waals surface area contributed by atoms with Crippen LogP contribution < -0.4 is 15.3 Å². The number of fused-ring (bicyclic) bond motifs is 3. The molecule has 4 atom stereocenters. The van der Waals surface area contributed by atoms with Gasteiger partial charge in [-0.25, -0.2) is 4.90 Å². The van der Waals surface area contributed by atoms with E-state index in [4.69, 9.17) is 9.16 Å². The molecule has 0 aromatic heterocycles. The van der Waals surface area contributed by atoms with Crippen molar-refractivity contribution in [2.75, 3.05) is 18.1 Å². The number of non-ortho nitro benzene ring substituents is 1. The van der Waals surface area contributed by atoms with Gasteiger partial charge in [0.05, 0.1) is 41.8 Å². The molecule has 2 aliphatic heterocycles. The molecule has 55 heavy (non-hydrogen) atoms. The van der Waals surface area contributed by atoms with Crippen LogP contribution in [0.25, 0.3) is 6.08 Å². The number of benzene rings is 4. The highest BCUT2D eigenvalue weighted by Gasteiger charge is 2.58. The molecule has 2 saturated heterocycles. The zero-order valence-electron chi connectivity index (χ0n) is 31.4. The van der Waals surface area contributed by atoms with E-state index in [9.17, 15) is 24.8 Å². The van der Waals surface area contributed by atoms with Crippen molar-refractivity contribution in [1.29, 1.82) is 0 Å². The Kier molecular flexibility index (Phi) is 10.8. The van der Waals surface area contributed by atoms with Gasteiger partial charge in [0.1, 0.15) is 5.75 Å². The lowest BCUT2D eigenvalue weighted by Gasteiger charge is -2.44. The summed E-state index contributed by atoms with van der Waals surface area (Å²) in [6.45, 7) is 9.26. The third kappa shape index (κ3) is 7.26. The second kappa shape index (κ2) is 15.5. The van der Waals surface area contributed by atoms with E-state index in [1.165, 1.54) is 18.2 Å². The average molecular weight is 822 g/mol. The van der Waals surface area contributed by atoms with Crippen LogP contribution in [0.4, 0.5) is 11.4 Å². The van der Waals surface area contributed by atoms with Gasteiger partial charge in [-0.15, -0.1) is 0 Å². The van der Waals surface area contributed by atoms with Gasteiger partial charge >= 0.3 is 0 Å². The second-order valence-corrected chi connectivity index (χ2v) is 21.0. The summed E-state index contributed by atoms with van der Waals surface area (Å²) in [6.07, 6.45) is 3.31. The number of phenolic OH excluding ortho intramolecular Hbond substituents is 1. The fourth-order valence-corrected chi connectivity index (χ4v) is 13.8. The number of aromatic hydroxyl groups is 1. The van der Waals surface area contributed by atoms with Crippen molar-refractivity contribution in [3.8, 4) is 5.75 Å². The highest BCUT2D eigenvalue weighted by atomic mass is 79.9. The third-order valence-corrected chi connectivity index (χ3v) is 16.9. The number of halogens is 1. The van der Waals surface area contributed by atoms with Crippen molar-refractivity contribution < 1.29 is 28.8 Å². The van der Waals surface area contributed by atoms with Gasteiger partial charge in [0.2, 0.25) is 11.8 Å². The fourth-order valence-electron chi connectivity index (χ4n) is 8.90. The zero-order valence-corrected chi connectivity index (χ0v) is 34.0. The molecule has 7 rings (SSSR count). The van der Waals surface area contributed by atoms with Crippen LogP contribution in [0.5, 0.6) is 5.75 Å². The minimum atomic E-state index is -2.97. The Morgan fingerprint density at radius 2 is 1.64 bits per heavy atom. The van der Waals surface area contributed by atoms with Crippen molar-refractivity contribution >= 4 is 63.9 Å². The topological polar surface area (TPSA) is 119 Å². The van der Waals surface area contributed by atoms with Gasteiger partial charge in [0.15, 0.2) is 0 Å². The molecule has 3 aliphatic rings. The predicted octanol–water partition coefficient (Wildman–Crippen LogP) is 8.34. The molecule has 2 amide bonds. The number of amides is 2. The zero-order chi connectivity index (χ0) is 39.1. The van der Waals surface area contributed by atoms with E-state index in [1.807, 2.05) is 55.5 Å². The number of nitrogens with zero attached hydrogens (tertiary/aromatic N) is 2. The molecule has 0 saturated carbocycles. The molecule has 1 N–H and O–H groups in total. The number of carbonyl (C=O) groups is 2. The highest BCUT2D eigenvalue weighted by Crippen LogP contribution is 2.51. The Hall–Kier alpha value is -4.68. The van der Waals surface area contributed by atoms with Gasteiger partial charge in [0, 0.05) is 28.1 Å². The van der Waals surface area contributed by atoms with Crippen LogP contribution >= 0.6 is 15.9 Å². The van der Waals surface area contributed by atoms with Crippen LogP contribution in [0.2, 0.25) is 5.04 Å². The molecule has 0 radical (unpaired) electrons. The normalized spacial score (nSPS) is 21.5. The monoisotopic (exact) mass is 820 g/mol. The van der Waals surface area contributed by atoms with Gasteiger partial charge in [-0.1, -0.05) is 115 Å². The van der Waals surface area contributed by atoms with Crippen molar-refractivity contribution in [3.63, 3.8) is 0 Å². The van der Waals surface area contributed by atoms with Crippen LogP contribution in [-0.4, -0.2) is 49.5 Å². The minimum absolute atomic E-state index is 0.185. The summed E-state index contributed by atoms with van der Waals surface area (Å²) < 4.78 is 14.9. The summed E-state index contributed by atoms with van der Waals surface area (Å²) in [7, 11) is -2.97. The van der Waals surface area contributed by atoms with E-state index in [0.717, 1.165) is 36.5 Å². The molecule has 284 valence electrons. The maximum absolute atomic E-state index is 14.3. The lowest BCUT2D eigenvalue weighted by Crippen LogP contribution is -2.66. The maximum atomic E-state index is 14.3. The number of rotatable bonds is 11. The Bertz CT molecular complexity index is 2140. The smallest absolute Gasteiger partial charge is 0.271 e. The van der Waals surface area contributed by atoms with E-state index in [1.54, 1.807) is 18.2 Å². The Labute approximate surface area is 331 Å². The third-order valence-electron chi connectivity index (χ3n) is 11.4. The summed E-state index contributed by atoms with van der Waals surface area (Å²) in [5.74, 6) is -2.16. The van der Waals surface area contributed by atoms with Gasteiger partial charge in [-0.05, 0) is 77.0 Å². The molecule has 9 nitrogen and oxygen atoms in total. The van der Waals surface area contributed by atoms with Crippen LogP contribution in [0.15, 0.2) is 124 Å². The number of allylic oxidation sites excluding steroid dienone is 1. The largest absolute Gasteiger partial charge is 0.507 e. The number of ether oxygens (including phenoxy) is 1. The van der Waals surface area contributed by atoms with Crippen molar-refractivity contribution in [3.05, 3.63) is 140 Å². The summed E-state index contributed by atoms with van der Waals surface area (Å²) >= 11 is 3.49. The summed E-state index contributed by atoms with van der Waals surface area (Å²) in [6, 6.07) is 31.9. The fraction of sp³-hybridized carbons (Fsp3) is 0.318. The number of anilines is 1. The van der Waals surface area contributed by atoms with Gasteiger partial charge in [-0.3, -0.25) is 19.7 Å². The van der Waals surface area contributed by atoms with Crippen LogP contribution in [0, 0.1) is 27.9 Å². The molecule has 0 spiro atoms. The maximum Gasteiger partial charge on any atom is 0.271 e. The SMILES string of the molecule is C/C(=C\c1cc(Br)ccc1O)CC[C@H]1OC[C@H]2C1=C(CO[Si](c1ccccc1)(c1ccccc1)C(C)(C)C)C[C@H]1C(=O)N(c3cccc([N+](=O)[O-])c3)C(=O)[C@H]12. The van der Waals surface area contributed by atoms with Crippen LogP contribution in [-0.2, 0) is 18.8 Å². The first-order valence-corrected chi connectivity index (χ1v) is 21.4. The summed E-state index contributed by atoms with van der Waals surface area (Å²) in [4.78, 5) is 40.9. The van der Waals surface area contributed by atoms with Gasteiger partial charge in [0.25, 0.3) is 14.0 Å². The van der Waals surface area contributed by atoms with E-state index < -0.39 is 25.1 Å². The predicted molar refractivity (Wildman–Crippen MR) is 220 cm³/mol. The number of nitro groups is 1. The standard InChI is InChI=1S/C44H45BrN2O7Si/c1-28(22-29-23-31(45)19-20-38(29)48)18-21-39-40-30(26-54-55(44(2,3)4,34-14-7-5-8-15-34)35-16-9-6-10-17-35)24-36-41(37(40)27-53-39)43(50)46(42(36)49)32-12-11-13-33(25-32)47(51)52/h5-17,19-20,22-23,25,36-37,39,41,48H,18,21,24,26-27H2,1-4H3/b28-22+/t36-,37+,39-,41-/m1/s1. The molecule has 0 unspecified atom stereocenters. The molecular formula is C44H45BrN2O7Si. The van der Waals surface area contributed by atoms with E-state index >= 15 is 0 Å². The number of nitro benzene ring substituents is 1. The first-order valence-electron chi connectivity index (χ1n) is 18.7. The molecule has 2 fully saturated rings. The van der Waals surface area contributed by atoms with Crippen LogP contribution in [0.1, 0.15) is 52.5 Å². The molecular weight excluding hydrogens is 776 g/mol. The number of carbonyl (C=O) groups excluding carboxylic acids is 2. The Morgan fingerprint density at radius 1 is 0.964 bits per heavy atom. The lowest BCUT2D eigenvalue weighted by molar-refractivity contribution is -0.384. The molecule has 4 aromatic carbocycles. The molecule has 1 aliphatic carbocycles. The van der Waals surface area contributed by atoms with Crippen molar-refractivity contribution in [2.24, 2.45) is 17.8 Å². The molecule has 0 bridgehead atoms. The Morgan fingerprint density at radius 3 is 2.27 bits per heavy atom. The van der Waals surface area contributed by atoms with Crippen LogP contribution in [0.3, 0.4) is 0 Å². The molecule has 2 heterocycles. The lowest BCUT2D eigenvalue weighted by atomic mass is 9.69. The van der Waals surface area contributed by atoms with Crippen molar-refractivity contribution in [1.82, 2.24) is 0 Å². The molecule has 11 heteroatoms. The average Bonchev–Trinajstić information content (AvgIpc) is 3.70. The first kappa shape index (κ1) is 38.6. The second-order valence-electron chi connectivity index (χ2n) is 15.8. The van der Waals surface area contributed by atoms with Gasteiger partial charge in [-0.2, -0.15) is 0 Å². The van der Waals surface area contributed by atoms with E-state index in [0.29, 0.717) is 24.8 Å².